The molecule has 2 N–H and O–H groups in total. The third-order valence-electron chi connectivity index (χ3n) is 9.05. The molecule has 38 heavy (non-hydrogen) atoms. The molecule has 0 bridgehead atoms. The van der Waals surface area contributed by atoms with Gasteiger partial charge < -0.3 is 19.5 Å². The normalized spacial score (nSPS) is 28.7. The van der Waals surface area contributed by atoms with Gasteiger partial charge in [-0.1, -0.05) is 50.0 Å². The van der Waals surface area contributed by atoms with Crippen molar-refractivity contribution < 1.29 is 29.1 Å². The molecule has 2 aliphatic heterocycles. The van der Waals surface area contributed by atoms with E-state index in [2.05, 4.69) is 13.0 Å². The van der Waals surface area contributed by atoms with Crippen molar-refractivity contribution in [1.29, 1.82) is 0 Å². The van der Waals surface area contributed by atoms with Crippen molar-refractivity contribution in [2.45, 2.75) is 83.2 Å². The summed E-state index contributed by atoms with van der Waals surface area (Å²) in [6.45, 7) is 2.52. The molecule has 1 aromatic carbocycles. The molecule has 204 valence electrons. The van der Waals surface area contributed by atoms with Gasteiger partial charge in [0.2, 0.25) is 11.8 Å². The summed E-state index contributed by atoms with van der Waals surface area (Å²) < 4.78 is 11.7. The smallest absolute Gasteiger partial charge is 0.455 e. The van der Waals surface area contributed by atoms with Gasteiger partial charge in [0.15, 0.2) is 0 Å². The average Bonchev–Trinajstić information content (AvgIpc) is 3.17. The second kappa shape index (κ2) is 11.8. The molecule has 3 fully saturated rings. The number of aromatic hydroxyl groups is 1. The summed E-state index contributed by atoms with van der Waals surface area (Å²) in [7, 11) is 0.697. The largest absolute Gasteiger partial charge is 0.508 e. The highest BCUT2D eigenvalue weighted by Crippen LogP contribution is 2.51. The second-order valence-electron chi connectivity index (χ2n) is 11.4. The number of nitrogens with zero attached hydrogens (tertiary/aromatic N) is 1. The number of ether oxygens (including phenoxy) is 1. The van der Waals surface area contributed by atoms with Gasteiger partial charge in [0.05, 0.1) is 24.5 Å². The monoisotopic (exact) mass is 521 g/mol. The van der Waals surface area contributed by atoms with Crippen molar-refractivity contribution in [1.82, 2.24) is 4.90 Å². The van der Waals surface area contributed by atoms with Crippen molar-refractivity contribution >= 4 is 25.0 Å². The number of benzene rings is 1. The predicted octanol–water partition coefficient (Wildman–Crippen LogP) is 4.74. The lowest BCUT2D eigenvalue weighted by molar-refractivity contribution is -0.143. The first kappa shape index (κ1) is 27.2. The van der Waals surface area contributed by atoms with Crippen LogP contribution in [0.15, 0.2) is 41.0 Å². The summed E-state index contributed by atoms with van der Waals surface area (Å²) in [5.74, 6) is -0.814. The summed E-state index contributed by atoms with van der Waals surface area (Å²) in [6, 6.07) is 7.16. The number of phenolic OH excluding ortho intramolecular Hbond substituents is 1. The molecule has 2 heterocycles. The van der Waals surface area contributed by atoms with Gasteiger partial charge in [-0.3, -0.25) is 14.5 Å². The van der Waals surface area contributed by atoms with E-state index >= 15 is 0 Å². The van der Waals surface area contributed by atoms with Crippen molar-refractivity contribution in [2.75, 3.05) is 13.7 Å². The van der Waals surface area contributed by atoms with Crippen LogP contribution in [0.2, 0.25) is 6.32 Å². The maximum Gasteiger partial charge on any atom is 0.455 e. The fourth-order valence-electron chi connectivity index (χ4n) is 7.27. The molecule has 7 nitrogen and oxygen atoms in total. The Morgan fingerprint density at radius 2 is 1.87 bits per heavy atom. The van der Waals surface area contributed by atoms with E-state index in [4.69, 9.17) is 9.39 Å². The van der Waals surface area contributed by atoms with E-state index in [9.17, 15) is 19.7 Å². The number of phenols is 1. The van der Waals surface area contributed by atoms with Crippen LogP contribution < -0.4 is 0 Å². The van der Waals surface area contributed by atoms with Gasteiger partial charge in [0, 0.05) is 13.2 Å². The number of imide groups is 1. The number of amides is 2. The zero-order chi connectivity index (χ0) is 26.8. The molecule has 0 radical (unpaired) electrons. The van der Waals surface area contributed by atoms with Gasteiger partial charge in [-0.2, -0.15) is 0 Å². The van der Waals surface area contributed by atoms with Gasteiger partial charge in [-0.25, -0.2) is 0 Å². The number of rotatable bonds is 8. The Labute approximate surface area is 226 Å². The summed E-state index contributed by atoms with van der Waals surface area (Å²) in [5.41, 5.74) is 4.40. The molecule has 5 rings (SSSR count). The van der Waals surface area contributed by atoms with Gasteiger partial charge in [0.25, 0.3) is 0 Å². The predicted molar refractivity (Wildman–Crippen MR) is 146 cm³/mol. The van der Waals surface area contributed by atoms with Crippen LogP contribution in [0.5, 0.6) is 5.75 Å². The Bertz CT molecular complexity index is 1090. The van der Waals surface area contributed by atoms with Crippen LogP contribution in [0.3, 0.4) is 0 Å². The molecule has 2 amide bonds. The van der Waals surface area contributed by atoms with E-state index in [1.807, 2.05) is 12.1 Å². The fraction of sp³-hybridized carbons (Fsp3) is 0.600. The Hall–Kier alpha value is -2.42. The molecule has 0 spiro atoms. The van der Waals surface area contributed by atoms with E-state index in [0.29, 0.717) is 25.8 Å². The second-order valence-corrected chi connectivity index (χ2v) is 11.4. The van der Waals surface area contributed by atoms with Gasteiger partial charge in [-0.15, -0.1) is 0 Å². The number of likely N-dealkylation sites (tertiary alicyclic amines) is 1. The Morgan fingerprint density at radius 3 is 2.55 bits per heavy atom. The topological polar surface area (TPSA) is 96.3 Å². The Kier molecular flexibility index (Phi) is 8.41. The molecular formula is C30H40BNO6. The lowest BCUT2D eigenvalue weighted by Gasteiger charge is -2.43. The highest BCUT2D eigenvalue weighted by Gasteiger charge is 2.58. The minimum Gasteiger partial charge on any atom is -0.508 e. The molecule has 2 aliphatic carbocycles. The number of fused-ring (bicyclic) bond motifs is 3. The number of hydrogen-bond acceptors (Lipinski definition) is 6. The minimum absolute atomic E-state index is 0.0152. The third kappa shape index (κ3) is 5.36. The van der Waals surface area contributed by atoms with Crippen LogP contribution in [0.25, 0.3) is 6.08 Å². The quantitative estimate of drug-likeness (QED) is 0.292. The lowest BCUT2D eigenvalue weighted by Crippen LogP contribution is -2.47. The standard InChI is InChI=1S/C30H40BNO6/c1-3-19(15-20-9-12-23(33)13-10-20)11-14-26-27-21(18-37-2)16-24-28(25(27)17-31(36)38-26)30(35)32(29(24)34)22-7-5-4-6-8-22/h9-10,12-13,15,22,24-26,28,33,36H,3-8,11,14,16-18H2,1-2H3/b19-15+/t24-,25+,26-,28-/m1/s1. The summed E-state index contributed by atoms with van der Waals surface area (Å²) in [4.78, 5) is 29.0. The van der Waals surface area contributed by atoms with Crippen LogP contribution >= 0.6 is 0 Å². The molecule has 4 aliphatic rings. The molecule has 1 saturated carbocycles. The summed E-state index contributed by atoms with van der Waals surface area (Å²) in [5, 5.41) is 20.4. The number of hydrogen-bond donors (Lipinski definition) is 2. The highest BCUT2D eigenvalue weighted by atomic mass is 16.5. The van der Waals surface area contributed by atoms with E-state index < -0.39 is 13.0 Å². The maximum absolute atomic E-state index is 13.8. The third-order valence-corrected chi connectivity index (χ3v) is 9.05. The van der Waals surface area contributed by atoms with Gasteiger partial charge in [-0.05, 0) is 79.6 Å². The minimum atomic E-state index is -0.964. The number of allylic oxidation sites excluding steroid dienone is 1. The van der Waals surface area contributed by atoms with Crippen LogP contribution in [-0.2, 0) is 19.0 Å². The molecule has 4 atom stereocenters. The van der Waals surface area contributed by atoms with Crippen molar-refractivity contribution in [3.05, 3.63) is 46.5 Å². The van der Waals surface area contributed by atoms with Crippen LogP contribution in [-0.4, -0.2) is 59.8 Å². The van der Waals surface area contributed by atoms with Gasteiger partial charge >= 0.3 is 7.12 Å². The molecule has 1 aromatic rings. The lowest BCUT2D eigenvalue weighted by atomic mass is 9.58. The van der Waals surface area contributed by atoms with Crippen LogP contribution in [0, 0.1) is 17.8 Å². The first-order valence-electron chi connectivity index (χ1n) is 14.3. The number of carbonyl (C=O) groups is 2. The number of methoxy groups -OCH3 is 1. The Morgan fingerprint density at radius 1 is 1.13 bits per heavy atom. The molecule has 0 unspecified atom stereocenters. The van der Waals surface area contributed by atoms with E-state index in [1.165, 1.54) is 5.57 Å². The van der Waals surface area contributed by atoms with Crippen LogP contribution in [0.4, 0.5) is 0 Å². The SMILES string of the molecule is CC/C(=C\c1ccc(O)cc1)CC[C@H]1OB(O)C[C@H]2C1=C(COC)C[C@H]1C(=O)N(C3CCCCC3)C(=O)[C@H]12. The molecule has 0 aromatic heterocycles. The number of carbonyl (C=O) groups excluding carboxylic acids is 2. The van der Waals surface area contributed by atoms with Crippen LogP contribution in [0.1, 0.15) is 70.3 Å². The first-order chi connectivity index (χ1) is 18.4. The van der Waals surface area contributed by atoms with Crippen molar-refractivity contribution in [3.63, 3.8) is 0 Å². The highest BCUT2D eigenvalue weighted by molar-refractivity contribution is 6.43. The summed E-state index contributed by atoms with van der Waals surface area (Å²) in [6.07, 6.45) is 10.1. The fourth-order valence-corrected chi connectivity index (χ4v) is 7.27. The Balaban J connectivity index is 1.40. The zero-order valence-electron chi connectivity index (χ0n) is 22.6. The van der Waals surface area contributed by atoms with E-state index in [-0.39, 0.29) is 41.5 Å². The van der Waals surface area contributed by atoms with Crippen molar-refractivity contribution in [3.8, 4) is 5.75 Å². The van der Waals surface area contributed by atoms with Gasteiger partial charge in [0.1, 0.15) is 5.75 Å². The van der Waals surface area contributed by atoms with Crippen molar-refractivity contribution in [2.24, 2.45) is 17.8 Å². The average molecular weight is 521 g/mol. The zero-order valence-corrected chi connectivity index (χ0v) is 22.6. The maximum atomic E-state index is 13.8. The first-order valence-corrected chi connectivity index (χ1v) is 14.3. The van der Waals surface area contributed by atoms with E-state index in [0.717, 1.165) is 61.7 Å². The van der Waals surface area contributed by atoms with E-state index in [1.54, 1.807) is 24.1 Å². The summed E-state index contributed by atoms with van der Waals surface area (Å²) >= 11 is 0. The molecule has 8 heteroatoms. The molecular weight excluding hydrogens is 481 g/mol. The molecule has 2 saturated heterocycles.